The summed E-state index contributed by atoms with van der Waals surface area (Å²) >= 11 is 0. The summed E-state index contributed by atoms with van der Waals surface area (Å²) in [5.74, 6) is 0.546. The highest BCUT2D eigenvalue weighted by Gasteiger charge is 2.17. The molecular weight excluding hydrogens is 292 g/mol. The number of likely N-dealkylation sites (tertiary alicyclic amines) is 1. The Morgan fingerprint density at radius 2 is 2.04 bits per heavy atom. The topological polar surface area (TPSA) is 64.8 Å². The van der Waals surface area contributed by atoms with Crippen molar-refractivity contribution >= 4 is 5.97 Å². The minimum atomic E-state index is -0.619. The molecule has 1 fully saturated rings. The molecule has 2 rings (SSSR count). The molecule has 0 aliphatic carbocycles. The molecule has 1 unspecified atom stereocenters. The summed E-state index contributed by atoms with van der Waals surface area (Å²) in [6, 6.07) is 5.42. The van der Waals surface area contributed by atoms with Crippen molar-refractivity contribution in [1.82, 2.24) is 4.90 Å². The predicted molar refractivity (Wildman–Crippen MR) is 90.4 cm³/mol. The van der Waals surface area contributed by atoms with Gasteiger partial charge in [-0.05, 0) is 50.9 Å². The maximum absolute atomic E-state index is 11.7. The maximum atomic E-state index is 11.7. The summed E-state index contributed by atoms with van der Waals surface area (Å²) < 4.78 is 10.5. The van der Waals surface area contributed by atoms with Crippen LogP contribution < -0.4 is 10.5 Å². The lowest BCUT2D eigenvalue weighted by Crippen LogP contribution is -2.34. The molecule has 0 spiro atoms. The molecular formula is C18H28N2O3. The second kappa shape index (κ2) is 8.89. The molecule has 1 aliphatic heterocycles. The Labute approximate surface area is 138 Å². The number of ether oxygens (including phenoxy) is 2. The quantitative estimate of drug-likeness (QED) is 0.780. The van der Waals surface area contributed by atoms with Crippen LogP contribution in [-0.4, -0.2) is 43.7 Å². The van der Waals surface area contributed by atoms with E-state index >= 15 is 0 Å². The van der Waals surface area contributed by atoms with Crippen LogP contribution in [0.3, 0.4) is 0 Å². The van der Waals surface area contributed by atoms with Gasteiger partial charge in [-0.15, -0.1) is 0 Å². The van der Waals surface area contributed by atoms with Gasteiger partial charge in [-0.25, -0.2) is 0 Å². The average molecular weight is 320 g/mol. The largest absolute Gasteiger partial charge is 0.496 e. The van der Waals surface area contributed by atoms with E-state index in [9.17, 15) is 4.79 Å². The van der Waals surface area contributed by atoms with Crippen molar-refractivity contribution < 1.29 is 14.3 Å². The second-order valence-electron chi connectivity index (χ2n) is 6.05. The Kier molecular flexibility index (Phi) is 6.86. The number of rotatable bonds is 7. The number of hydrogen-bond donors (Lipinski definition) is 1. The molecule has 0 radical (unpaired) electrons. The van der Waals surface area contributed by atoms with E-state index in [0.717, 1.165) is 36.5 Å². The summed E-state index contributed by atoms with van der Waals surface area (Å²) in [6.07, 6.45) is 4.32. The van der Waals surface area contributed by atoms with Crippen LogP contribution in [0.15, 0.2) is 18.2 Å². The lowest BCUT2D eigenvalue weighted by molar-refractivity contribution is -0.144. The number of carbonyl (C=O) groups is 1. The maximum Gasteiger partial charge on any atom is 0.323 e. The van der Waals surface area contributed by atoms with E-state index in [-0.39, 0.29) is 5.97 Å². The summed E-state index contributed by atoms with van der Waals surface area (Å²) in [4.78, 5) is 14.1. The van der Waals surface area contributed by atoms with Gasteiger partial charge in [-0.1, -0.05) is 18.6 Å². The summed E-state index contributed by atoms with van der Waals surface area (Å²) in [6.45, 7) is 5.29. The standard InChI is InChI=1S/C18H28N2O3/c1-3-23-18(21)16(19)12-14-7-8-17(22-2)15(11-14)13-20-9-5-4-6-10-20/h7-8,11,16H,3-6,9-10,12-13,19H2,1-2H3. The predicted octanol–water partition coefficient (Wildman–Crippen LogP) is 2.11. The Hall–Kier alpha value is -1.59. The van der Waals surface area contributed by atoms with Gasteiger partial charge in [0.05, 0.1) is 13.7 Å². The second-order valence-corrected chi connectivity index (χ2v) is 6.05. The minimum Gasteiger partial charge on any atom is -0.496 e. The van der Waals surface area contributed by atoms with E-state index in [0.29, 0.717) is 13.0 Å². The number of carbonyl (C=O) groups excluding carboxylic acids is 1. The van der Waals surface area contributed by atoms with Gasteiger partial charge in [0.15, 0.2) is 0 Å². The molecule has 5 nitrogen and oxygen atoms in total. The molecule has 2 N–H and O–H groups in total. The molecule has 1 atom stereocenters. The molecule has 0 aromatic heterocycles. The molecule has 128 valence electrons. The van der Waals surface area contributed by atoms with Gasteiger partial charge >= 0.3 is 5.97 Å². The van der Waals surface area contributed by atoms with E-state index in [4.69, 9.17) is 15.2 Å². The minimum absolute atomic E-state index is 0.346. The fraction of sp³-hybridized carbons (Fsp3) is 0.611. The summed E-state index contributed by atoms with van der Waals surface area (Å²) in [5.41, 5.74) is 8.12. The molecule has 1 aromatic rings. The summed E-state index contributed by atoms with van der Waals surface area (Å²) in [7, 11) is 1.69. The van der Waals surface area contributed by atoms with Gasteiger partial charge in [0.2, 0.25) is 0 Å². The Morgan fingerprint density at radius 1 is 1.30 bits per heavy atom. The number of piperidine rings is 1. The fourth-order valence-corrected chi connectivity index (χ4v) is 3.03. The van der Waals surface area contributed by atoms with Crippen LogP contribution in [0.4, 0.5) is 0 Å². The third-order valence-electron chi connectivity index (χ3n) is 4.23. The van der Waals surface area contributed by atoms with Crippen LogP contribution >= 0.6 is 0 Å². The van der Waals surface area contributed by atoms with Crippen molar-refractivity contribution in [2.24, 2.45) is 5.73 Å². The van der Waals surface area contributed by atoms with Crippen molar-refractivity contribution in [2.45, 2.75) is 45.2 Å². The van der Waals surface area contributed by atoms with E-state index in [1.165, 1.54) is 19.3 Å². The zero-order valence-corrected chi connectivity index (χ0v) is 14.2. The smallest absolute Gasteiger partial charge is 0.323 e. The SMILES string of the molecule is CCOC(=O)C(N)Cc1ccc(OC)c(CN2CCCCC2)c1. The monoisotopic (exact) mass is 320 g/mol. The first-order chi connectivity index (χ1) is 11.1. The molecule has 5 heteroatoms. The Balaban J connectivity index is 2.06. The highest BCUT2D eigenvalue weighted by molar-refractivity contribution is 5.75. The molecule has 0 amide bonds. The van der Waals surface area contributed by atoms with E-state index in [1.807, 2.05) is 12.1 Å². The lowest BCUT2D eigenvalue weighted by Gasteiger charge is -2.27. The Morgan fingerprint density at radius 3 is 2.70 bits per heavy atom. The molecule has 1 heterocycles. The molecule has 23 heavy (non-hydrogen) atoms. The number of nitrogens with zero attached hydrogens (tertiary/aromatic N) is 1. The van der Waals surface area contributed by atoms with Gasteiger partial charge < -0.3 is 15.2 Å². The normalized spacial score (nSPS) is 16.8. The first kappa shape index (κ1) is 17.8. The van der Waals surface area contributed by atoms with Gasteiger partial charge in [-0.2, -0.15) is 0 Å². The number of esters is 1. The molecule has 1 saturated heterocycles. The van der Waals surface area contributed by atoms with Crippen molar-refractivity contribution in [3.63, 3.8) is 0 Å². The number of nitrogens with two attached hydrogens (primary N) is 1. The third-order valence-corrected chi connectivity index (χ3v) is 4.23. The zero-order chi connectivity index (χ0) is 16.7. The van der Waals surface area contributed by atoms with Crippen LogP contribution in [0.25, 0.3) is 0 Å². The fourth-order valence-electron chi connectivity index (χ4n) is 3.03. The van der Waals surface area contributed by atoms with E-state index < -0.39 is 6.04 Å². The highest BCUT2D eigenvalue weighted by atomic mass is 16.5. The lowest BCUT2D eigenvalue weighted by atomic mass is 10.0. The van der Waals surface area contributed by atoms with Crippen molar-refractivity contribution in [3.05, 3.63) is 29.3 Å². The molecule has 0 bridgehead atoms. The molecule has 1 aliphatic rings. The van der Waals surface area contributed by atoms with E-state index in [1.54, 1.807) is 14.0 Å². The van der Waals surface area contributed by atoms with Gasteiger partial charge in [0.25, 0.3) is 0 Å². The van der Waals surface area contributed by atoms with Gasteiger partial charge in [0.1, 0.15) is 11.8 Å². The molecule has 1 aromatic carbocycles. The van der Waals surface area contributed by atoms with Gasteiger partial charge in [-0.3, -0.25) is 9.69 Å². The van der Waals surface area contributed by atoms with Crippen LogP contribution in [0.5, 0.6) is 5.75 Å². The molecule has 0 saturated carbocycles. The van der Waals surface area contributed by atoms with Crippen LogP contribution in [-0.2, 0) is 22.5 Å². The Bertz CT molecular complexity index is 513. The highest BCUT2D eigenvalue weighted by Crippen LogP contribution is 2.24. The van der Waals surface area contributed by atoms with Crippen LogP contribution in [0, 0.1) is 0 Å². The van der Waals surface area contributed by atoms with E-state index in [2.05, 4.69) is 11.0 Å². The zero-order valence-electron chi connectivity index (χ0n) is 14.2. The van der Waals surface area contributed by atoms with Crippen molar-refractivity contribution in [2.75, 3.05) is 26.8 Å². The third kappa shape index (κ3) is 5.22. The summed E-state index contributed by atoms with van der Waals surface area (Å²) in [5, 5.41) is 0. The van der Waals surface area contributed by atoms with Gasteiger partial charge in [0, 0.05) is 12.1 Å². The van der Waals surface area contributed by atoms with Crippen molar-refractivity contribution in [1.29, 1.82) is 0 Å². The van der Waals surface area contributed by atoms with Crippen LogP contribution in [0.2, 0.25) is 0 Å². The number of methoxy groups -OCH3 is 1. The average Bonchev–Trinajstić information content (AvgIpc) is 2.56. The van der Waals surface area contributed by atoms with Crippen molar-refractivity contribution in [3.8, 4) is 5.75 Å². The first-order valence-electron chi connectivity index (χ1n) is 8.44. The number of benzene rings is 1. The number of hydrogen-bond acceptors (Lipinski definition) is 5. The first-order valence-corrected chi connectivity index (χ1v) is 8.44. The van der Waals surface area contributed by atoms with Crippen LogP contribution in [0.1, 0.15) is 37.3 Å².